The molecule has 0 aliphatic heterocycles. The molecule has 2 N–H and O–H groups in total. The molecule has 5 rings (SSSR count). The van der Waals surface area contributed by atoms with Crippen molar-refractivity contribution in [2.45, 2.75) is 13.5 Å². The van der Waals surface area contributed by atoms with Crippen molar-refractivity contribution in [2.24, 2.45) is 0 Å². The number of nitrogens with one attached hydrogen (secondary N) is 2. The Bertz CT molecular complexity index is 1500. The second kappa shape index (κ2) is 9.17. The molecule has 0 spiro atoms. The zero-order valence-corrected chi connectivity index (χ0v) is 19.6. The number of anilines is 2. The maximum atomic E-state index is 13.0. The van der Waals surface area contributed by atoms with Gasteiger partial charge in [0.25, 0.3) is 11.8 Å². The number of aryl methyl sites for hydroxylation is 1. The molecule has 170 valence electrons. The van der Waals surface area contributed by atoms with Gasteiger partial charge in [-0.15, -0.1) is 11.3 Å². The van der Waals surface area contributed by atoms with Crippen LogP contribution in [0.2, 0.25) is 5.02 Å². The number of fused-ring (bicyclic) bond motifs is 1. The highest BCUT2D eigenvalue weighted by Gasteiger charge is 2.17. The monoisotopic (exact) mass is 490 g/mol. The first-order valence-corrected chi connectivity index (χ1v) is 11.6. The maximum Gasteiger partial charge on any atom is 0.291 e. The number of carbonyl (C=O) groups is 2. The minimum Gasteiger partial charge on any atom is -0.459 e. The number of nitrogens with zero attached hydrogens (tertiary/aromatic N) is 2. The van der Waals surface area contributed by atoms with Crippen LogP contribution in [0.1, 0.15) is 31.5 Å². The van der Waals surface area contributed by atoms with Crippen molar-refractivity contribution in [2.75, 3.05) is 10.6 Å². The van der Waals surface area contributed by atoms with Crippen LogP contribution >= 0.6 is 22.9 Å². The van der Waals surface area contributed by atoms with Crippen LogP contribution in [0.25, 0.3) is 10.2 Å². The summed E-state index contributed by atoms with van der Waals surface area (Å²) in [7, 11) is 0. The first-order chi connectivity index (χ1) is 16.5. The van der Waals surface area contributed by atoms with E-state index < -0.39 is 0 Å². The summed E-state index contributed by atoms with van der Waals surface area (Å²) in [6.07, 6.45) is 1.44. The van der Waals surface area contributed by atoms with Crippen molar-refractivity contribution in [3.8, 4) is 0 Å². The molecule has 0 bridgehead atoms. The van der Waals surface area contributed by atoms with E-state index in [9.17, 15) is 9.59 Å². The average Bonchev–Trinajstić information content (AvgIpc) is 3.55. The second-order valence-electron chi connectivity index (χ2n) is 7.63. The van der Waals surface area contributed by atoms with Crippen molar-refractivity contribution < 1.29 is 14.0 Å². The predicted molar refractivity (Wildman–Crippen MR) is 134 cm³/mol. The van der Waals surface area contributed by atoms with Gasteiger partial charge in [-0.25, -0.2) is 0 Å². The molecule has 2 amide bonds. The molecule has 0 saturated heterocycles. The first-order valence-electron chi connectivity index (χ1n) is 10.4. The summed E-state index contributed by atoms with van der Waals surface area (Å²) in [5.41, 5.74) is 2.91. The number of furan rings is 1. The minimum atomic E-state index is -0.364. The Labute approximate surface area is 204 Å². The van der Waals surface area contributed by atoms with Crippen LogP contribution in [0, 0.1) is 6.92 Å². The summed E-state index contributed by atoms with van der Waals surface area (Å²) < 4.78 is 6.98. The number of carbonyl (C=O) groups excluding carboxylic acids is 2. The Hall–Kier alpha value is -3.88. The Morgan fingerprint density at radius 3 is 2.50 bits per heavy atom. The Kier molecular flexibility index (Phi) is 5.91. The van der Waals surface area contributed by atoms with Crippen molar-refractivity contribution in [3.63, 3.8) is 0 Å². The predicted octanol–water partition coefficient (Wildman–Crippen LogP) is 6.21. The van der Waals surface area contributed by atoms with E-state index in [1.807, 2.05) is 41.9 Å². The number of hydrogen-bond acceptors (Lipinski definition) is 5. The van der Waals surface area contributed by atoms with Gasteiger partial charge in [-0.1, -0.05) is 35.9 Å². The van der Waals surface area contributed by atoms with E-state index in [1.54, 1.807) is 36.4 Å². The molecule has 2 aromatic carbocycles. The molecule has 7 nitrogen and oxygen atoms in total. The van der Waals surface area contributed by atoms with Gasteiger partial charge in [0.2, 0.25) is 0 Å². The molecule has 0 saturated carbocycles. The quantitative estimate of drug-likeness (QED) is 0.296. The van der Waals surface area contributed by atoms with E-state index in [0.717, 1.165) is 21.5 Å². The zero-order chi connectivity index (χ0) is 23.7. The van der Waals surface area contributed by atoms with Crippen LogP contribution < -0.4 is 10.6 Å². The van der Waals surface area contributed by atoms with Crippen LogP contribution in [0.3, 0.4) is 0 Å². The molecule has 0 fully saturated rings. The van der Waals surface area contributed by atoms with Crippen LogP contribution in [0.4, 0.5) is 11.4 Å². The van der Waals surface area contributed by atoms with Gasteiger partial charge in [0.05, 0.1) is 23.4 Å². The van der Waals surface area contributed by atoms with Gasteiger partial charge in [-0.05, 0) is 55.0 Å². The fraction of sp³-hybridized carbons (Fsp3) is 0.0800. The number of halogens is 1. The van der Waals surface area contributed by atoms with Gasteiger partial charge in [0.1, 0.15) is 4.83 Å². The van der Waals surface area contributed by atoms with Gasteiger partial charge in [-0.2, -0.15) is 5.10 Å². The molecular formula is C25H19ClN4O3S. The zero-order valence-electron chi connectivity index (χ0n) is 18.0. The largest absolute Gasteiger partial charge is 0.459 e. The lowest BCUT2D eigenvalue weighted by Crippen LogP contribution is -2.13. The minimum absolute atomic E-state index is 0.209. The van der Waals surface area contributed by atoms with E-state index in [0.29, 0.717) is 27.8 Å². The number of amides is 2. The van der Waals surface area contributed by atoms with E-state index in [4.69, 9.17) is 16.0 Å². The number of rotatable bonds is 6. The lowest BCUT2D eigenvalue weighted by atomic mass is 10.2. The molecule has 3 aromatic heterocycles. The summed E-state index contributed by atoms with van der Waals surface area (Å²) in [4.78, 5) is 26.7. The van der Waals surface area contributed by atoms with Crippen LogP contribution in [0.15, 0.2) is 77.4 Å². The summed E-state index contributed by atoms with van der Waals surface area (Å²) >= 11 is 7.69. The first kappa shape index (κ1) is 21.9. The Balaban J connectivity index is 1.34. The molecule has 0 aliphatic rings. The summed E-state index contributed by atoms with van der Waals surface area (Å²) in [6, 6.07) is 19.7. The molecule has 34 heavy (non-hydrogen) atoms. The Morgan fingerprint density at radius 2 is 1.76 bits per heavy atom. The molecule has 0 atom stereocenters. The highest BCUT2D eigenvalue weighted by molar-refractivity contribution is 7.20. The van der Waals surface area contributed by atoms with Crippen molar-refractivity contribution in [1.82, 2.24) is 9.78 Å². The average molecular weight is 491 g/mol. The van der Waals surface area contributed by atoms with Gasteiger partial charge < -0.3 is 15.1 Å². The van der Waals surface area contributed by atoms with Crippen LogP contribution in [-0.2, 0) is 6.54 Å². The number of thiophene rings is 1. The number of hydrogen-bond donors (Lipinski definition) is 2. The van der Waals surface area contributed by atoms with Gasteiger partial charge in [-0.3, -0.25) is 14.3 Å². The fourth-order valence-electron chi connectivity index (χ4n) is 3.59. The molecular weight excluding hydrogens is 472 g/mol. The van der Waals surface area contributed by atoms with E-state index in [-0.39, 0.29) is 17.6 Å². The third-order valence-corrected chi connectivity index (χ3v) is 6.75. The maximum absolute atomic E-state index is 13.0. The third-order valence-electron chi connectivity index (χ3n) is 5.23. The third kappa shape index (κ3) is 4.46. The molecule has 3 heterocycles. The lowest BCUT2D eigenvalue weighted by Gasteiger charge is -2.07. The number of aromatic nitrogens is 2. The van der Waals surface area contributed by atoms with E-state index >= 15 is 0 Å². The molecule has 0 radical (unpaired) electrons. The van der Waals surface area contributed by atoms with Crippen LogP contribution in [0.5, 0.6) is 0 Å². The number of benzene rings is 2. The molecule has 9 heteroatoms. The molecule has 0 aliphatic carbocycles. The molecule has 5 aromatic rings. The fourth-order valence-corrected chi connectivity index (χ4v) is 4.84. The van der Waals surface area contributed by atoms with Gasteiger partial charge in [0, 0.05) is 21.8 Å². The van der Waals surface area contributed by atoms with Crippen LogP contribution in [-0.4, -0.2) is 21.6 Å². The van der Waals surface area contributed by atoms with E-state index in [1.165, 1.54) is 17.6 Å². The summed E-state index contributed by atoms with van der Waals surface area (Å²) in [5, 5.41) is 11.9. The van der Waals surface area contributed by atoms with Gasteiger partial charge in [0.15, 0.2) is 5.76 Å². The molecule has 0 unspecified atom stereocenters. The summed E-state index contributed by atoms with van der Waals surface area (Å²) in [6.45, 7) is 2.44. The van der Waals surface area contributed by atoms with Crippen molar-refractivity contribution >= 4 is 56.3 Å². The standard InChI is InChI=1S/C25H19ClN4O3S/c1-15-19-13-22(34-25(19)30(29-15)14-16-6-2-3-9-20(16)26)24(32)28-18-8-4-7-17(12-18)27-23(31)21-10-5-11-33-21/h2-13H,14H2,1H3,(H,27,31)(H,28,32). The highest BCUT2D eigenvalue weighted by Crippen LogP contribution is 2.30. The van der Waals surface area contributed by atoms with Gasteiger partial charge >= 0.3 is 0 Å². The SMILES string of the molecule is Cc1nn(Cc2ccccc2Cl)c2sc(C(=O)Nc3cccc(NC(=O)c4ccco4)c3)cc12. The summed E-state index contributed by atoms with van der Waals surface area (Å²) in [5.74, 6) is -0.392. The second-order valence-corrected chi connectivity index (χ2v) is 9.07. The van der Waals surface area contributed by atoms with Crippen molar-refractivity contribution in [3.05, 3.63) is 99.9 Å². The van der Waals surface area contributed by atoms with E-state index in [2.05, 4.69) is 15.7 Å². The topological polar surface area (TPSA) is 89.2 Å². The lowest BCUT2D eigenvalue weighted by molar-refractivity contribution is 0.0995. The normalized spacial score (nSPS) is 11.0. The Morgan fingerprint density at radius 1 is 1.00 bits per heavy atom. The smallest absolute Gasteiger partial charge is 0.291 e. The van der Waals surface area contributed by atoms with Crippen molar-refractivity contribution in [1.29, 1.82) is 0 Å². The highest BCUT2D eigenvalue weighted by atomic mass is 35.5.